The van der Waals surface area contributed by atoms with Gasteiger partial charge in [0.05, 0.1) is 16.9 Å². The van der Waals surface area contributed by atoms with Crippen LogP contribution in [-0.4, -0.2) is 0 Å². The van der Waals surface area contributed by atoms with Gasteiger partial charge >= 0.3 is 0 Å². The lowest BCUT2D eigenvalue weighted by atomic mass is 9.98. The van der Waals surface area contributed by atoms with Gasteiger partial charge in [0.15, 0.2) is 0 Å². The molecule has 0 fully saturated rings. The molecule has 6 aromatic carbocycles. The fraction of sp³-hybridized carbons (Fsp3) is 0.0270. The zero-order valence-electron chi connectivity index (χ0n) is 22.2. The average Bonchev–Trinajstić information content (AvgIpc) is 3.58. The van der Waals surface area contributed by atoms with Crippen molar-refractivity contribution < 1.29 is 8.83 Å². The van der Waals surface area contributed by atoms with E-state index in [1.54, 1.807) is 0 Å². The highest BCUT2D eigenvalue weighted by Crippen LogP contribution is 2.45. The van der Waals surface area contributed by atoms with Crippen LogP contribution >= 0.6 is 0 Å². The second kappa shape index (κ2) is 9.32. The quantitative estimate of drug-likeness (QED) is 0.225. The van der Waals surface area contributed by atoms with Crippen molar-refractivity contribution in [2.45, 2.75) is 6.54 Å². The second-order valence-corrected chi connectivity index (χ2v) is 10.4. The molecule has 2 N–H and O–H groups in total. The summed E-state index contributed by atoms with van der Waals surface area (Å²) in [5, 5.41) is 4.37. The minimum atomic E-state index is 0.696. The van der Waals surface area contributed by atoms with Gasteiger partial charge in [-0.1, -0.05) is 91.0 Å². The third kappa shape index (κ3) is 3.84. The standard InChI is InChI=1S/C37H26N2O2/c38-31-14-6-7-15-32(31)39(23-24-10-2-1-3-11-24)26-20-18-25(19-21-26)35-36-29(27-12-4-8-16-33(27)40-36)22-30-28-13-5-9-17-34(28)41-37(30)35/h1-22H,23,38H2. The van der Waals surface area contributed by atoms with Crippen LogP contribution in [0, 0.1) is 0 Å². The number of para-hydroxylation sites is 4. The van der Waals surface area contributed by atoms with Crippen molar-refractivity contribution in [3.8, 4) is 11.1 Å². The van der Waals surface area contributed by atoms with Crippen LogP contribution in [0.5, 0.6) is 0 Å². The monoisotopic (exact) mass is 530 g/mol. The Balaban J connectivity index is 1.33. The van der Waals surface area contributed by atoms with Gasteiger partial charge in [-0.15, -0.1) is 0 Å². The molecule has 0 aliphatic heterocycles. The molecule has 8 rings (SSSR count). The highest BCUT2D eigenvalue weighted by Gasteiger charge is 2.21. The summed E-state index contributed by atoms with van der Waals surface area (Å²) in [6.07, 6.45) is 0. The van der Waals surface area contributed by atoms with Crippen molar-refractivity contribution in [3.05, 3.63) is 139 Å². The van der Waals surface area contributed by atoms with E-state index in [-0.39, 0.29) is 0 Å². The molecule has 4 heteroatoms. The molecule has 0 aliphatic rings. The largest absolute Gasteiger partial charge is 0.455 e. The summed E-state index contributed by atoms with van der Waals surface area (Å²) in [6, 6.07) is 45.7. The van der Waals surface area contributed by atoms with Crippen molar-refractivity contribution in [1.82, 2.24) is 0 Å². The Morgan fingerprint density at radius 1 is 0.537 bits per heavy atom. The van der Waals surface area contributed by atoms with Crippen LogP contribution in [0.2, 0.25) is 0 Å². The predicted molar refractivity (Wildman–Crippen MR) is 170 cm³/mol. The Bertz CT molecular complexity index is 2100. The normalized spacial score (nSPS) is 11.6. The molecule has 4 nitrogen and oxygen atoms in total. The molecule has 0 saturated heterocycles. The van der Waals surface area contributed by atoms with E-state index >= 15 is 0 Å². The Morgan fingerprint density at radius 2 is 1.10 bits per heavy atom. The van der Waals surface area contributed by atoms with Crippen LogP contribution in [0.3, 0.4) is 0 Å². The molecule has 2 heterocycles. The number of fused-ring (bicyclic) bond motifs is 6. The maximum atomic E-state index is 6.50. The van der Waals surface area contributed by atoms with Crippen molar-refractivity contribution in [2.24, 2.45) is 0 Å². The molecule has 196 valence electrons. The Hall–Kier alpha value is -5.48. The third-order valence-corrected chi connectivity index (χ3v) is 7.89. The van der Waals surface area contributed by atoms with E-state index in [1.165, 1.54) is 5.56 Å². The zero-order chi connectivity index (χ0) is 27.3. The number of benzene rings is 6. The molecular weight excluding hydrogens is 504 g/mol. The first kappa shape index (κ1) is 23.4. The van der Waals surface area contributed by atoms with E-state index in [1.807, 2.05) is 48.5 Å². The summed E-state index contributed by atoms with van der Waals surface area (Å²) in [4.78, 5) is 2.26. The van der Waals surface area contributed by atoms with Gasteiger partial charge < -0.3 is 19.5 Å². The maximum Gasteiger partial charge on any atom is 0.147 e. The van der Waals surface area contributed by atoms with Crippen LogP contribution in [0.15, 0.2) is 142 Å². The number of hydrogen-bond donors (Lipinski definition) is 1. The SMILES string of the molecule is Nc1ccccc1N(Cc1ccccc1)c1ccc(-c2c3oc4ccccc4c3cc3c2oc2ccccc23)cc1. The van der Waals surface area contributed by atoms with Crippen LogP contribution in [0.25, 0.3) is 55.0 Å². The van der Waals surface area contributed by atoms with E-state index in [2.05, 4.69) is 89.8 Å². The van der Waals surface area contributed by atoms with Gasteiger partial charge in [0, 0.05) is 33.8 Å². The van der Waals surface area contributed by atoms with E-state index < -0.39 is 0 Å². The minimum Gasteiger partial charge on any atom is -0.455 e. The summed E-state index contributed by atoms with van der Waals surface area (Å²) in [5.41, 5.74) is 15.8. The van der Waals surface area contributed by atoms with Crippen molar-refractivity contribution >= 4 is 60.9 Å². The fourth-order valence-electron chi connectivity index (χ4n) is 5.92. The minimum absolute atomic E-state index is 0.696. The predicted octanol–water partition coefficient (Wildman–Crippen LogP) is 10.1. The van der Waals surface area contributed by atoms with E-state index in [4.69, 9.17) is 14.6 Å². The van der Waals surface area contributed by atoms with Crippen molar-refractivity contribution in [2.75, 3.05) is 10.6 Å². The van der Waals surface area contributed by atoms with Gasteiger partial charge in [-0.05, 0) is 53.6 Å². The van der Waals surface area contributed by atoms with Crippen molar-refractivity contribution in [1.29, 1.82) is 0 Å². The Labute approximate surface area is 236 Å². The van der Waals surface area contributed by atoms with Crippen LogP contribution < -0.4 is 10.6 Å². The molecule has 41 heavy (non-hydrogen) atoms. The maximum absolute atomic E-state index is 6.50. The number of nitrogens with two attached hydrogens (primary N) is 1. The molecule has 0 saturated carbocycles. The average molecular weight is 531 g/mol. The first-order chi connectivity index (χ1) is 20.2. The topological polar surface area (TPSA) is 55.5 Å². The number of rotatable bonds is 5. The van der Waals surface area contributed by atoms with E-state index in [0.717, 1.165) is 72.1 Å². The number of hydrogen-bond acceptors (Lipinski definition) is 4. The molecule has 0 unspecified atom stereocenters. The van der Waals surface area contributed by atoms with Crippen molar-refractivity contribution in [3.63, 3.8) is 0 Å². The lowest BCUT2D eigenvalue weighted by Crippen LogP contribution is -2.17. The molecule has 8 aromatic rings. The van der Waals surface area contributed by atoms with Gasteiger partial charge in [-0.2, -0.15) is 0 Å². The summed E-state index contributed by atoms with van der Waals surface area (Å²) in [7, 11) is 0. The fourth-order valence-corrected chi connectivity index (χ4v) is 5.92. The van der Waals surface area contributed by atoms with Crippen LogP contribution in [-0.2, 0) is 6.54 Å². The van der Waals surface area contributed by atoms with Gasteiger partial charge in [0.2, 0.25) is 0 Å². The van der Waals surface area contributed by atoms with Gasteiger partial charge in [-0.3, -0.25) is 0 Å². The second-order valence-electron chi connectivity index (χ2n) is 10.4. The first-order valence-corrected chi connectivity index (χ1v) is 13.8. The Morgan fingerprint density at radius 3 is 1.73 bits per heavy atom. The highest BCUT2D eigenvalue weighted by atomic mass is 16.3. The lowest BCUT2D eigenvalue weighted by molar-refractivity contribution is 0.658. The summed E-state index contributed by atoms with van der Waals surface area (Å²) < 4.78 is 13.0. The summed E-state index contributed by atoms with van der Waals surface area (Å²) in [6.45, 7) is 0.696. The van der Waals surface area contributed by atoms with E-state index in [9.17, 15) is 0 Å². The summed E-state index contributed by atoms with van der Waals surface area (Å²) in [5.74, 6) is 0. The highest BCUT2D eigenvalue weighted by molar-refractivity contribution is 6.21. The number of anilines is 3. The smallest absolute Gasteiger partial charge is 0.147 e. The zero-order valence-corrected chi connectivity index (χ0v) is 22.2. The number of nitrogens with zero attached hydrogens (tertiary/aromatic N) is 1. The van der Waals surface area contributed by atoms with E-state index in [0.29, 0.717) is 6.54 Å². The molecular formula is C37H26N2O2. The lowest BCUT2D eigenvalue weighted by Gasteiger charge is -2.27. The van der Waals surface area contributed by atoms with Gasteiger partial charge in [-0.25, -0.2) is 0 Å². The number of furan rings is 2. The molecule has 0 atom stereocenters. The molecule has 0 spiro atoms. The first-order valence-electron chi connectivity index (χ1n) is 13.8. The molecule has 0 bridgehead atoms. The molecule has 0 radical (unpaired) electrons. The molecule has 2 aromatic heterocycles. The third-order valence-electron chi connectivity index (χ3n) is 7.89. The van der Waals surface area contributed by atoms with Crippen LogP contribution in [0.4, 0.5) is 17.1 Å². The molecule has 0 amide bonds. The van der Waals surface area contributed by atoms with Gasteiger partial charge in [0.25, 0.3) is 0 Å². The number of nitrogen functional groups attached to an aromatic ring is 1. The van der Waals surface area contributed by atoms with Gasteiger partial charge in [0.1, 0.15) is 22.3 Å². The Kier molecular flexibility index (Phi) is 5.32. The molecule has 0 aliphatic carbocycles. The van der Waals surface area contributed by atoms with Crippen LogP contribution in [0.1, 0.15) is 5.56 Å². The summed E-state index contributed by atoms with van der Waals surface area (Å²) >= 11 is 0.